The molecular weight excluding hydrogens is 361 g/mol. The average molecular weight is 372 g/mol. The van der Waals surface area contributed by atoms with Crippen molar-refractivity contribution in [2.75, 3.05) is 0 Å². The maximum atomic E-state index is 2.17. The van der Waals surface area contributed by atoms with E-state index in [4.69, 9.17) is 0 Å². The van der Waals surface area contributed by atoms with Crippen LogP contribution in [0.5, 0.6) is 0 Å². The second-order valence-electron chi connectivity index (χ2n) is 2.86. The Morgan fingerprint density at radius 2 is 0.929 bits per heavy atom. The van der Waals surface area contributed by atoms with Gasteiger partial charge in [0.2, 0.25) is 0 Å². The fraction of sp³-hybridized carbons (Fsp3) is 0. The Kier molecular flexibility index (Phi) is 5.06. The summed E-state index contributed by atoms with van der Waals surface area (Å²) in [7, 11) is 0.777. The summed E-state index contributed by atoms with van der Waals surface area (Å²) >= 11 is 0. The molecule has 0 amide bonds. The Labute approximate surface area is 100 Å². The predicted molar refractivity (Wildman–Crippen MR) is 60.5 cm³/mol. The molecule has 0 bridgehead atoms. The van der Waals surface area contributed by atoms with E-state index in [1.54, 1.807) is 0 Å². The normalized spacial score (nSPS) is 9.14. The Balaban J connectivity index is 0.000000980. The number of benzene rings is 2. The fourth-order valence-corrected chi connectivity index (χ4v) is 2.26. The van der Waals surface area contributed by atoms with Crippen LogP contribution in [0.4, 0.5) is 0 Å². The molecule has 0 saturated carbocycles. The van der Waals surface area contributed by atoms with E-state index < -0.39 is 0 Å². The van der Waals surface area contributed by atoms with E-state index in [2.05, 4.69) is 60.7 Å². The maximum absolute atomic E-state index is 2.17. The molecular formula is C12H11PRe. The zero-order valence-electron chi connectivity index (χ0n) is 7.65. The first-order chi connectivity index (χ1) is 6.45. The third kappa shape index (κ3) is 3.35. The molecule has 0 fully saturated rings. The molecule has 0 aliphatic carbocycles. The zero-order valence-corrected chi connectivity index (χ0v) is 11.4. The van der Waals surface area contributed by atoms with Crippen LogP contribution in [-0.2, 0) is 20.4 Å². The molecule has 2 aromatic rings. The van der Waals surface area contributed by atoms with E-state index in [9.17, 15) is 0 Å². The fourth-order valence-electron chi connectivity index (χ4n) is 1.21. The van der Waals surface area contributed by atoms with Crippen molar-refractivity contribution in [3.8, 4) is 0 Å². The van der Waals surface area contributed by atoms with E-state index in [1.165, 1.54) is 10.6 Å². The monoisotopic (exact) mass is 373 g/mol. The molecule has 0 aliphatic rings. The molecule has 14 heavy (non-hydrogen) atoms. The molecule has 0 spiro atoms. The molecule has 0 N–H and O–H groups in total. The number of hydrogen-bond donors (Lipinski definition) is 0. The molecule has 2 rings (SSSR count). The third-order valence-electron chi connectivity index (χ3n) is 1.84. The molecule has 0 aliphatic heterocycles. The summed E-state index contributed by atoms with van der Waals surface area (Å²) in [5.74, 6) is 0. The van der Waals surface area contributed by atoms with Crippen molar-refractivity contribution < 1.29 is 20.4 Å². The van der Waals surface area contributed by atoms with Gasteiger partial charge in [0.05, 0.1) is 0 Å². The minimum absolute atomic E-state index is 0. The van der Waals surface area contributed by atoms with Crippen LogP contribution in [0, 0.1) is 0 Å². The van der Waals surface area contributed by atoms with Crippen molar-refractivity contribution in [3.63, 3.8) is 0 Å². The molecule has 71 valence electrons. The largest absolute Gasteiger partial charge is 0.0622 e. The van der Waals surface area contributed by atoms with Gasteiger partial charge in [0, 0.05) is 20.4 Å². The van der Waals surface area contributed by atoms with Crippen LogP contribution < -0.4 is 10.6 Å². The molecule has 2 aromatic carbocycles. The topological polar surface area (TPSA) is 0 Å². The predicted octanol–water partition coefficient (Wildman–Crippen LogP) is 2.31. The van der Waals surface area contributed by atoms with Crippen LogP contribution in [-0.4, -0.2) is 0 Å². The molecule has 1 radical (unpaired) electrons. The number of hydrogen-bond acceptors (Lipinski definition) is 0. The summed E-state index contributed by atoms with van der Waals surface area (Å²) in [5, 5.41) is 2.79. The second kappa shape index (κ2) is 6.10. The van der Waals surface area contributed by atoms with Crippen LogP contribution in [0.3, 0.4) is 0 Å². The standard InChI is InChI=1S/C12H11P.Re/c1-3-7-11(8-4-1)13-12-9-5-2-6-10-12;/h1-10,13H;. The second-order valence-corrected chi connectivity index (χ2v) is 4.26. The molecule has 0 unspecified atom stereocenters. The summed E-state index contributed by atoms with van der Waals surface area (Å²) in [6.07, 6.45) is 0. The quantitative estimate of drug-likeness (QED) is 0.710. The Morgan fingerprint density at radius 3 is 1.29 bits per heavy atom. The first-order valence-electron chi connectivity index (χ1n) is 4.32. The Bertz CT molecular complexity index is 321. The van der Waals surface area contributed by atoms with Crippen LogP contribution in [0.25, 0.3) is 0 Å². The summed E-state index contributed by atoms with van der Waals surface area (Å²) in [4.78, 5) is 0. The summed E-state index contributed by atoms with van der Waals surface area (Å²) in [5.41, 5.74) is 0. The number of rotatable bonds is 2. The van der Waals surface area contributed by atoms with Crippen LogP contribution in [0.1, 0.15) is 0 Å². The molecule has 0 atom stereocenters. The molecule has 2 heteroatoms. The zero-order chi connectivity index (χ0) is 8.93. The Morgan fingerprint density at radius 1 is 0.571 bits per heavy atom. The van der Waals surface area contributed by atoms with Crippen LogP contribution in [0.2, 0.25) is 0 Å². The third-order valence-corrected chi connectivity index (χ3v) is 3.08. The average Bonchev–Trinajstić information content (AvgIpc) is 2.21. The van der Waals surface area contributed by atoms with Crippen molar-refractivity contribution in [2.45, 2.75) is 0 Å². The molecule has 0 nitrogen and oxygen atoms in total. The SMILES string of the molecule is [Re].c1ccc(Pc2ccccc2)cc1. The molecule has 0 aromatic heterocycles. The van der Waals surface area contributed by atoms with Gasteiger partial charge in [0.1, 0.15) is 0 Å². The summed E-state index contributed by atoms with van der Waals surface area (Å²) in [6.45, 7) is 0. The van der Waals surface area contributed by atoms with Crippen LogP contribution >= 0.6 is 8.58 Å². The minimum Gasteiger partial charge on any atom is -0.0622 e. The van der Waals surface area contributed by atoms with E-state index in [0.717, 1.165) is 8.58 Å². The smallest absolute Gasteiger partial charge is 0 e. The van der Waals surface area contributed by atoms with Gasteiger partial charge in [0.15, 0.2) is 0 Å². The van der Waals surface area contributed by atoms with Crippen LogP contribution in [0.15, 0.2) is 60.7 Å². The first kappa shape index (κ1) is 11.6. The van der Waals surface area contributed by atoms with Gasteiger partial charge in [-0.2, -0.15) is 0 Å². The van der Waals surface area contributed by atoms with E-state index in [1.807, 2.05) is 0 Å². The maximum Gasteiger partial charge on any atom is 0 e. The van der Waals surface area contributed by atoms with Gasteiger partial charge in [0.25, 0.3) is 0 Å². The van der Waals surface area contributed by atoms with E-state index >= 15 is 0 Å². The minimum atomic E-state index is 0. The summed E-state index contributed by atoms with van der Waals surface area (Å²) < 4.78 is 0. The van der Waals surface area contributed by atoms with Gasteiger partial charge in [-0.25, -0.2) is 0 Å². The molecule has 0 saturated heterocycles. The van der Waals surface area contributed by atoms with Gasteiger partial charge in [-0.1, -0.05) is 69.2 Å². The van der Waals surface area contributed by atoms with Gasteiger partial charge < -0.3 is 0 Å². The summed E-state index contributed by atoms with van der Waals surface area (Å²) in [6, 6.07) is 21.2. The first-order valence-corrected chi connectivity index (χ1v) is 5.32. The van der Waals surface area contributed by atoms with Gasteiger partial charge in [-0.15, -0.1) is 0 Å². The van der Waals surface area contributed by atoms with Crippen molar-refractivity contribution in [1.82, 2.24) is 0 Å². The Hall–Kier alpha value is -0.468. The van der Waals surface area contributed by atoms with E-state index in [-0.39, 0.29) is 20.4 Å². The van der Waals surface area contributed by atoms with Gasteiger partial charge in [-0.05, 0) is 10.6 Å². The van der Waals surface area contributed by atoms with Crippen molar-refractivity contribution in [2.24, 2.45) is 0 Å². The van der Waals surface area contributed by atoms with Crippen molar-refractivity contribution in [3.05, 3.63) is 60.7 Å². The van der Waals surface area contributed by atoms with Gasteiger partial charge in [-0.3, -0.25) is 0 Å². The van der Waals surface area contributed by atoms with E-state index in [0.29, 0.717) is 0 Å². The van der Waals surface area contributed by atoms with Gasteiger partial charge >= 0.3 is 0 Å². The van der Waals surface area contributed by atoms with Crippen molar-refractivity contribution >= 4 is 19.2 Å². The van der Waals surface area contributed by atoms with Crippen molar-refractivity contribution in [1.29, 1.82) is 0 Å². The molecule has 0 heterocycles.